The van der Waals surface area contributed by atoms with Gasteiger partial charge in [0, 0.05) is 20.3 Å². The van der Waals surface area contributed by atoms with Crippen molar-refractivity contribution in [1.29, 1.82) is 0 Å². The zero-order valence-electron chi connectivity index (χ0n) is 10.8. The lowest BCUT2D eigenvalue weighted by Crippen LogP contribution is -2.19. The van der Waals surface area contributed by atoms with Crippen LogP contribution in [0.2, 0.25) is 0 Å². The number of rotatable bonds is 7. The van der Waals surface area contributed by atoms with Crippen LogP contribution in [0.1, 0.15) is 19.3 Å². The zero-order valence-corrected chi connectivity index (χ0v) is 10.8. The lowest BCUT2D eigenvalue weighted by atomic mass is 10.0. The van der Waals surface area contributed by atoms with Gasteiger partial charge >= 0.3 is 5.69 Å². The van der Waals surface area contributed by atoms with Gasteiger partial charge in [0.2, 0.25) is 11.8 Å². The second-order valence-electron chi connectivity index (χ2n) is 4.82. The highest BCUT2D eigenvalue weighted by atomic mass is 16.6. The third-order valence-electron chi connectivity index (χ3n) is 3.41. The van der Waals surface area contributed by atoms with Crippen molar-refractivity contribution < 1.29 is 9.66 Å². The molecule has 1 fully saturated rings. The van der Waals surface area contributed by atoms with Crippen molar-refractivity contribution in [3.63, 3.8) is 0 Å². The van der Waals surface area contributed by atoms with Crippen molar-refractivity contribution in [3.05, 3.63) is 16.3 Å². The van der Waals surface area contributed by atoms with Gasteiger partial charge in [-0.3, -0.25) is 10.1 Å². The van der Waals surface area contributed by atoms with E-state index < -0.39 is 4.92 Å². The van der Waals surface area contributed by atoms with Gasteiger partial charge in [-0.25, -0.2) is 4.98 Å². The van der Waals surface area contributed by atoms with E-state index in [1.165, 1.54) is 0 Å². The maximum atomic E-state index is 10.9. The number of nitrogen functional groups attached to an aromatic ring is 1. The molecule has 0 spiro atoms. The third-order valence-corrected chi connectivity index (χ3v) is 3.41. The predicted octanol–water partition coefficient (Wildman–Crippen LogP) is 1.20. The standard InChI is InChI=1S/C11H17N5O3/c1-19-5-4-11(2-3-11)7-14-9-8(16(17)18)6-13-10(12)15-9/h6H,2-5,7H2,1H3,(H3,12,13,14,15). The van der Waals surface area contributed by atoms with Crippen molar-refractivity contribution in [2.45, 2.75) is 19.3 Å². The summed E-state index contributed by atoms with van der Waals surface area (Å²) < 4.78 is 5.07. The minimum atomic E-state index is -0.517. The first-order chi connectivity index (χ1) is 9.06. The van der Waals surface area contributed by atoms with Gasteiger partial charge in [0.25, 0.3) is 0 Å². The van der Waals surface area contributed by atoms with Crippen LogP contribution in [0.15, 0.2) is 6.20 Å². The molecule has 0 saturated heterocycles. The molecular weight excluding hydrogens is 250 g/mol. The van der Waals surface area contributed by atoms with Gasteiger partial charge in [-0.15, -0.1) is 0 Å². The number of nitro groups is 1. The van der Waals surface area contributed by atoms with Crippen LogP contribution in [0.4, 0.5) is 17.5 Å². The topological polar surface area (TPSA) is 116 Å². The van der Waals surface area contributed by atoms with Crippen LogP contribution >= 0.6 is 0 Å². The summed E-state index contributed by atoms with van der Waals surface area (Å²) in [6.45, 7) is 1.32. The van der Waals surface area contributed by atoms with Gasteiger partial charge in [-0.1, -0.05) is 0 Å². The van der Waals surface area contributed by atoms with E-state index in [4.69, 9.17) is 10.5 Å². The first kappa shape index (κ1) is 13.5. The summed E-state index contributed by atoms with van der Waals surface area (Å²) in [5.74, 6) is 0.205. The molecule has 19 heavy (non-hydrogen) atoms. The fourth-order valence-electron chi connectivity index (χ4n) is 1.93. The Bertz CT molecular complexity index is 475. The third kappa shape index (κ3) is 3.28. The highest BCUT2D eigenvalue weighted by Crippen LogP contribution is 2.48. The van der Waals surface area contributed by atoms with Crippen LogP contribution in [0.3, 0.4) is 0 Å². The molecule has 0 aliphatic heterocycles. The molecule has 1 aliphatic rings. The average Bonchev–Trinajstić information content (AvgIpc) is 3.14. The Morgan fingerprint density at radius 1 is 1.63 bits per heavy atom. The second-order valence-corrected chi connectivity index (χ2v) is 4.82. The molecule has 8 nitrogen and oxygen atoms in total. The summed E-state index contributed by atoms with van der Waals surface area (Å²) in [4.78, 5) is 17.9. The number of nitrogens with two attached hydrogens (primary N) is 1. The highest BCUT2D eigenvalue weighted by Gasteiger charge is 2.42. The molecule has 0 bridgehead atoms. The zero-order chi connectivity index (χ0) is 13.9. The number of nitrogens with one attached hydrogen (secondary N) is 1. The Labute approximate surface area is 110 Å². The Balaban J connectivity index is 2.03. The van der Waals surface area contributed by atoms with E-state index in [0.717, 1.165) is 25.5 Å². The van der Waals surface area contributed by atoms with E-state index in [1.54, 1.807) is 7.11 Å². The molecule has 104 valence electrons. The molecule has 0 radical (unpaired) electrons. The summed E-state index contributed by atoms with van der Waals surface area (Å²) >= 11 is 0. The number of hydrogen-bond acceptors (Lipinski definition) is 7. The maximum absolute atomic E-state index is 10.9. The van der Waals surface area contributed by atoms with Gasteiger partial charge < -0.3 is 15.8 Å². The van der Waals surface area contributed by atoms with Gasteiger partial charge in [0.05, 0.1) is 4.92 Å². The van der Waals surface area contributed by atoms with E-state index in [9.17, 15) is 10.1 Å². The van der Waals surface area contributed by atoms with Crippen LogP contribution in [-0.2, 0) is 4.74 Å². The Morgan fingerprint density at radius 2 is 2.37 bits per heavy atom. The number of anilines is 2. The van der Waals surface area contributed by atoms with E-state index in [1.807, 2.05) is 0 Å². The van der Waals surface area contributed by atoms with E-state index in [0.29, 0.717) is 13.2 Å². The lowest BCUT2D eigenvalue weighted by Gasteiger charge is -2.15. The molecule has 8 heteroatoms. The Hall–Kier alpha value is -1.96. The van der Waals surface area contributed by atoms with Crippen LogP contribution in [-0.4, -0.2) is 35.2 Å². The Kier molecular flexibility index (Phi) is 3.79. The summed E-state index contributed by atoms with van der Waals surface area (Å²) in [6.07, 6.45) is 4.25. The van der Waals surface area contributed by atoms with E-state index >= 15 is 0 Å². The molecular formula is C11H17N5O3. The van der Waals surface area contributed by atoms with Crippen LogP contribution < -0.4 is 11.1 Å². The maximum Gasteiger partial charge on any atom is 0.329 e. The molecule has 2 rings (SSSR count). The number of hydrogen-bond donors (Lipinski definition) is 2. The molecule has 1 aromatic rings. The normalized spacial score (nSPS) is 16.1. The largest absolute Gasteiger partial charge is 0.385 e. The molecule has 1 saturated carbocycles. The SMILES string of the molecule is COCCC1(CNc2nc(N)ncc2[N+](=O)[O-])CC1. The monoisotopic (exact) mass is 267 g/mol. The van der Waals surface area contributed by atoms with Crippen molar-refractivity contribution in [2.24, 2.45) is 5.41 Å². The Morgan fingerprint density at radius 3 is 2.95 bits per heavy atom. The molecule has 1 aliphatic carbocycles. The van der Waals surface area contributed by atoms with Gasteiger partial charge in [-0.05, 0) is 24.7 Å². The summed E-state index contributed by atoms with van der Waals surface area (Å²) in [5, 5.41) is 13.9. The lowest BCUT2D eigenvalue weighted by molar-refractivity contribution is -0.384. The first-order valence-electron chi connectivity index (χ1n) is 6.06. The number of methoxy groups -OCH3 is 1. The minimum absolute atomic E-state index is 0.0230. The minimum Gasteiger partial charge on any atom is -0.385 e. The highest BCUT2D eigenvalue weighted by molar-refractivity contribution is 5.56. The first-order valence-corrected chi connectivity index (χ1v) is 6.06. The van der Waals surface area contributed by atoms with E-state index in [-0.39, 0.29) is 22.9 Å². The van der Waals surface area contributed by atoms with Gasteiger partial charge in [0.15, 0.2) is 0 Å². The smallest absolute Gasteiger partial charge is 0.329 e. The molecule has 0 atom stereocenters. The van der Waals surface area contributed by atoms with Crippen molar-refractivity contribution in [1.82, 2.24) is 9.97 Å². The molecule has 3 N–H and O–H groups in total. The molecule has 0 aromatic carbocycles. The fourth-order valence-corrected chi connectivity index (χ4v) is 1.93. The second kappa shape index (κ2) is 5.35. The van der Waals surface area contributed by atoms with Crippen molar-refractivity contribution in [3.8, 4) is 0 Å². The van der Waals surface area contributed by atoms with Gasteiger partial charge in [-0.2, -0.15) is 4.98 Å². The summed E-state index contributed by atoms with van der Waals surface area (Å²) in [6, 6.07) is 0. The van der Waals surface area contributed by atoms with Crippen LogP contribution in [0.5, 0.6) is 0 Å². The van der Waals surface area contributed by atoms with Crippen molar-refractivity contribution in [2.75, 3.05) is 31.3 Å². The average molecular weight is 267 g/mol. The quantitative estimate of drug-likeness (QED) is 0.563. The van der Waals surface area contributed by atoms with Crippen molar-refractivity contribution >= 4 is 17.5 Å². The van der Waals surface area contributed by atoms with Crippen LogP contribution in [0, 0.1) is 15.5 Å². The number of ether oxygens (including phenoxy) is 1. The summed E-state index contributed by atoms with van der Waals surface area (Å²) in [5.41, 5.74) is 5.47. The molecule has 1 heterocycles. The number of aromatic nitrogens is 2. The van der Waals surface area contributed by atoms with Crippen LogP contribution in [0.25, 0.3) is 0 Å². The molecule has 0 unspecified atom stereocenters. The predicted molar refractivity (Wildman–Crippen MR) is 69.7 cm³/mol. The molecule has 0 amide bonds. The number of nitrogens with zero attached hydrogens (tertiary/aromatic N) is 3. The molecule has 1 aromatic heterocycles. The summed E-state index contributed by atoms with van der Waals surface area (Å²) in [7, 11) is 1.67. The van der Waals surface area contributed by atoms with E-state index in [2.05, 4.69) is 15.3 Å². The fraction of sp³-hybridized carbons (Fsp3) is 0.636. The van der Waals surface area contributed by atoms with Gasteiger partial charge in [0.1, 0.15) is 6.20 Å².